The molecule has 192 valence electrons. The first-order chi connectivity index (χ1) is 18.5. The lowest BCUT2D eigenvalue weighted by Gasteiger charge is -2.14. The van der Waals surface area contributed by atoms with Crippen molar-refractivity contribution in [3.8, 4) is 11.4 Å². The quantitative estimate of drug-likeness (QED) is 0.310. The maximum atomic E-state index is 14.0. The molecule has 5 aromatic rings. The lowest BCUT2D eigenvalue weighted by atomic mass is 9.89. The van der Waals surface area contributed by atoms with Crippen LogP contribution in [0.5, 0.6) is 0 Å². The average Bonchev–Trinajstić information content (AvgIpc) is 3.69. The maximum Gasteiger partial charge on any atom is 0.356 e. The standard InChI is InChI=1S/C27H22N4O6S/c1-36-26(34)22-20(24(32)30(28-22)16-10-5-3-6-11-16)19(18-14-9-15-38-18)21-23(27(35)37-2)29-31(25(21)33)17-12-7-4-8-13-17/h3-15,19,28-29H,1-2H3. The van der Waals surface area contributed by atoms with Crippen molar-refractivity contribution >= 4 is 23.3 Å². The number of methoxy groups -OCH3 is 2. The van der Waals surface area contributed by atoms with Crippen LogP contribution < -0.4 is 11.1 Å². The molecule has 0 radical (unpaired) electrons. The van der Waals surface area contributed by atoms with Crippen molar-refractivity contribution in [2.24, 2.45) is 0 Å². The summed E-state index contributed by atoms with van der Waals surface area (Å²) >= 11 is 1.28. The van der Waals surface area contributed by atoms with E-state index in [9.17, 15) is 19.2 Å². The second-order valence-electron chi connectivity index (χ2n) is 8.18. The monoisotopic (exact) mass is 530 g/mol. The lowest BCUT2D eigenvalue weighted by Crippen LogP contribution is -2.26. The van der Waals surface area contributed by atoms with Crippen LogP contribution in [-0.2, 0) is 9.47 Å². The van der Waals surface area contributed by atoms with Crippen molar-refractivity contribution in [2.45, 2.75) is 5.92 Å². The van der Waals surface area contributed by atoms with Gasteiger partial charge in [-0.2, -0.15) is 0 Å². The normalized spacial score (nSPS) is 11.0. The van der Waals surface area contributed by atoms with E-state index >= 15 is 0 Å². The highest BCUT2D eigenvalue weighted by Crippen LogP contribution is 2.35. The summed E-state index contributed by atoms with van der Waals surface area (Å²) in [5.41, 5.74) is -0.542. The molecule has 2 aromatic carbocycles. The number of hydrogen-bond donors (Lipinski definition) is 2. The summed E-state index contributed by atoms with van der Waals surface area (Å²) in [5, 5.41) is 7.48. The summed E-state index contributed by atoms with van der Waals surface area (Å²) in [6, 6.07) is 20.8. The minimum Gasteiger partial charge on any atom is -0.464 e. The Morgan fingerprint density at radius 2 is 1.16 bits per heavy atom. The van der Waals surface area contributed by atoms with Crippen LogP contribution in [0.3, 0.4) is 0 Å². The summed E-state index contributed by atoms with van der Waals surface area (Å²) in [5.74, 6) is -2.70. The SMILES string of the molecule is COC(=O)c1[nH]n(-c2ccccc2)c(=O)c1C(c1cccs1)c1c(C(=O)OC)[nH]n(-c2ccccc2)c1=O. The van der Waals surface area contributed by atoms with E-state index in [1.54, 1.807) is 78.2 Å². The largest absolute Gasteiger partial charge is 0.464 e. The first kappa shape index (κ1) is 24.8. The predicted octanol–water partition coefficient (Wildman–Crippen LogP) is 3.46. The molecule has 0 saturated carbocycles. The smallest absolute Gasteiger partial charge is 0.356 e. The zero-order chi connectivity index (χ0) is 26.8. The number of aromatic amines is 2. The molecule has 0 spiro atoms. The summed E-state index contributed by atoms with van der Waals surface area (Å²) < 4.78 is 12.4. The molecule has 0 atom stereocenters. The number of nitrogens with zero attached hydrogens (tertiary/aromatic N) is 2. The van der Waals surface area contributed by atoms with Gasteiger partial charge in [-0.3, -0.25) is 19.8 Å². The number of ether oxygens (including phenoxy) is 2. The number of carbonyl (C=O) groups excluding carboxylic acids is 2. The number of hydrogen-bond acceptors (Lipinski definition) is 7. The maximum absolute atomic E-state index is 14.0. The van der Waals surface area contributed by atoms with Crippen molar-refractivity contribution < 1.29 is 19.1 Å². The van der Waals surface area contributed by atoms with E-state index in [0.717, 1.165) is 0 Å². The molecule has 3 aromatic heterocycles. The van der Waals surface area contributed by atoms with Crippen molar-refractivity contribution in [3.05, 3.63) is 126 Å². The lowest BCUT2D eigenvalue weighted by molar-refractivity contribution is 0.0585. The summed E-state index contributed by atoms with van der Waals surface area (Å²) in [4.78, 5) is 54.3. The third-order valence-electron chi connectivity index (χ3n) is 6.07. The molecule has 0 aliphatic rings. The second-order valence-corrected chi connectivity index (χ2v) is 9.16. The van der Waals surface area contributed by atoms with Crippen LogP contribution >= 0.6 is 11.3 Å². The van der Waals surface area contributed by atoms with Crippen molar-refractivity contribution in [2.75, 3.05) is 14.2 Å². The Bertz CT molecular complexity index is 1600. The van der Waals surface area contributed by atoms with Crippen LogP contribution in [0, 0.1) is 0 Å². The first-order valence-corrected chi connectivity index (χ1v) is 12.3. The van der Waals surface area contributed by atoms with E-state index in [1.807, 2.05) is 0 Å². The Labute approximate surface area is 219 Å². The Hall–Kier alpha value is -4.90. The van der Waals surface area contributed by atoms with Gasteiger partial charge < -0.3 is 9.47 Å². The highest BCUT2D eigenvalue weighted by Gasteiger charge is 2.37. The fourth-order valence-electron chi connectivity index (χ4n) is 4.35. The third kappa shape index (κ3) is 4.18. The fraction of sp³-hybridized carbons (Fsp3) is 0.111. The zero-order valence-corrected chi connectivity index (χ0v) is 21.2. The van der Waals surface area contributed by atoms with Crippen LogP contribution in [-0.4, -0.2) is 45.7 Å². The Morgan fingerprint density at radius 3 is 1.53 bits per heavy atom. The highest BCUT2D eigenvalue weighted by atomic mass is 32.1. The third-order valence-corrected chi connectivity index (χ3v) is 7.00. The Kier molecular flexibility index (Phi) is 6.67. The zero-order valence-electron chi connectivity index (χ0n) is 20.3. The van der Waals surface area contributed by atoms with Gasteiger partial charge in [0.15, 0.2) is 11.4 Å². The van der Waals surface area contributed by atoms with Gasteiger partial charge in [-0.15, -0.1) is 11.3 Å². The number of nitrogens with one attached hydrogen (secondary N) is 2. The summed E-state index contributed by atoms with van der Waals surface area (Å²) in [7, 11) is 2.39. The van der Waals surface area contributed by atoms with Crippen molar-refractivity contribution in [1.82, 2.24) is 19.6 Å². The van der Waals surface area contributed by atoms with Crippen LogP contribution in [0.4, 0.5) is 0 Å². The molecular formula is C27H22N4O6S. The molecule has 0 saturated heterocycles. The van der Waals surface area contributed by atoms with E-state index in [-0.39, 0.29) is 22.5 Å². The van der Waals surface area contributed by atoms with E-state index < -0.39 is 29.0 Å². The predicted molar refractivity (Wildman–Crippen MR) is 141 cm³/mol. The number of H-pyrrole nitrogens is 2. The van der Waals surface area contributed by atoms with Crippen LogP contribution in [0.1, 0.15) is 42.9 Å². The average molecular weight is 531 g/mol. The van der Waals surface area contributed by atoms with Gasteiger partial charge in [0.2, 0.25) is 0 Å². The number of benzene rings is 2. The van der Waals surface area contributed by atoms with Crippen LogP contribution in [0.25, 0.3) is 11.4 Å². The minimum atomic E-state index is -1.10. The van der Waals surface area contributed by atoms with Gasteiger partial charge in [-0.25, -0.2) is 19.0 Å². The van der Waals surface area contributed by atoms with Gasteiger partial charge in [0.1, 0.15) is 0 Å². The number of thiophene rings is 1. The molecule has 2 N–H and O–H groups in total. The molecule has 0 fully saturated rings. The van der Waals surface area contributed by atoms with Crippen molar-refractivity contribution in [3.63, 3.8) is 0 Å². The number of esters is 2. The molecule has 0 aliphatic heterocycles. The topological polar surface area (TPSA) is 128 Å². The van der Waals surface area contributed by atoms with Gasteiger partial charge in [0, 0.05) is 4.88 Å². The fourth-order valence-corrected chi connectivity index (χ4v) is 5.20. The first-order valence-electron chi connectivity index (χ1n) is 11.5. The number of rotatable bonds is 7. The molecule has 38 heavy (non-hydrogen) atoms. The van der Waals surface area contributed by atoms with Gasteiger partial charge in [-0.05, 0) is 35.7 Å². The molecule has 3 heterocycles. The van der Waals surface area contributed by atoms with Crippen LogP contribution in [0.15, 0.2) is 87.8 Å². The van der Waals surface area contributed by atoms with E-state index in [1.165, 1.54) is 34.9 Å². The highest BCUT2D eigenvalue weighted by molar-refractivity contribution is 7.10. The number of aromatic nitrogens is 4. The molecule has 11 heteroatoms. The molecule has 10 nitrogen and oxygen atoms in total. The molecular weight excluding hydrogens is 508 g/mol. The molecule has 5 rings (SSSR count). The molecule has 0 amide bonds. The Balaban J connectivity index is 1.86. The van der Waals surface area contributed by atoms with Gasteiger partial charge >= 0.3 is 11.9 Å². The number of carbonyl (C=O) groups is 2. The second kappa shape index (κ2) is 10.2. The van der Waals surface area contributed by atoms with E-state index in [2.05, 4.69) is 10.2 Å². The van der Waals surface area contributed by atoms with E-state index in [0.29, 0.717) is 16.3 Å². The van der Waals surface area contributed by atoms with Crippen molar-refractivity contribution in [1.29, 1.82) is 0 Å². The van der Waals surface area contributed by atoms with Gasteiger partial charge in [0.05, 0.1) is 42.6 Å². The molecule has 0 unspecified atom stereocenters. The summed E-state index contributed by atoms with van der Waals surface area (Å²) in [6.45, 7) is 0. The van der Waals surface area contributed by atoms with Gasteiger partial charge in [0.25, 0.3) is 11.1 Å². The minimum absolute atomic E-state index is 0.0374. The number of para-hydroxylation sites is 2. The molecule has 0 aliphatic carbocycles. The summed E-state index contributed by atoms with van der Waals surface area (Å²) in [6.07, 6.45) is 0. The molecule has 0 bridgehead atoms. The van der Waals surface area contributed by atoms with Crippen LogP contribution in [0.2, 0.25) is 0 Å². The van der Waals surface area contributed by atoms with E-state index in [4.69, 9.17) is 9.47 Å². The van der Waals surface area contributed by atoms with Gasteiger partial charge in [-0.1, -0.05) is 42.5 Å². The Morgan fingerprint density at radius 1 is 0.711 bits per heavy atom.